The van der Waals surface area contributed by atoms with Crippen LogP contribution in [0.4, 0.5) is 0 Å². The van der Waals surface area contributed by atoms with Gasteiger partial charge in [-0.15, -0.1) is 5.10 Å². The van der Waals surface area contributed by atoms with E-state index in [0.717, 1.165) is 17.8 Å². The van der Waals surface area contributed by atoms with Gasteiger partial charge in [0.15, 0.2) is 0 Å². The number of benzene rings is 2. The Hall–Kier alpha value is -2.95. The molecule has 0 unspecified atom stereocenters. The fraction of sp³-hybridized carbons (Fsp3) is 0.0625. The van der Waals surface area contributed by atoms with Gasteiger partial charge in [-0.25, -0.2) is 4.68 Å². The van der Waals surface area contributed by atoms with Crippen LogP contribution in [0.3, 0.4) is 0 Å². The summed E-state index contributed by atoms with van der Waals surface area (Å²) in [6.45, 7) is 0. The number of carbonyl (C=O) groups excluding carboxylic acids is 1. The Balaban J connectivity index is 1.80. The zero-order valence-corrected chi connectivity index (χ0v) is 11.3. The number of rotatable bonds is 4. The van der Waals surface area contributed by atoms with Gasteiger partial charge in [0.1, 0.15) is 0 Å². The lowest BCUT2D eigenvalue weighted by atomic mass is 10.1. The van der Waals surface area contributed by atoms with Crippen LogP contribution in [0.15, 0.2) is 60.8 Å². The van der Waals surface area contributed by atoms with Crippen LogP contribution in [0.25, 0.3) is 5.69 Å². The molecule has 0 atom stereocenters. The van der Waals surface area contributed by atoms with Gasteiger partial charge in [0.05, 0.1) is 17.6 Å². The van der Waals surface area contributed by atoms with Crippen LogP contribution < -0.4 is 5.73 Å². The van der Waals surface area contributed by atoms with Crippen molar-refractivity contribution in [3.05, 3.63) is 77.6 Å². The van der Waals surface area contributed by atoms with Gasteiger partial charge in [-0.1, -0.05) is 35.5 Å². The van der Waals surface area contributed by atoms with E-state index >= 15 is 0 Å². The summed E-state index contributed by atoms with van der Waals surface area (Å²) in [5.74, 6) is -0.440. The van der Waals surface area contributed by atoms with Gasteiger partial charge in [0.2, 0.25) is 5.91 Å². The third-order valence-corrected chi connectivity index (χ3v) is 3.19. The number of carbonyl (C=O) groups is 1. The minimum Gasteiger partial charge on any atom is -0.366 e. The molecule has 5 nitrogen and oxygen atoms in total. The maximum atomic E-state index is 11.0. The fourth-order valence-electron chi connectivity index (χ4n) is 2.09. The quantitative estimate of drug-likeness (QED) is 0.792. The monoisotopic (exact) mass is 278 g/mol. The number of amides is 1. The van der Waals surface area contributed by atoms with E-state index in [0.29, 0.717) is 5.56 Å². The highest BCUT2D eigenvalue weighted by atomic mass is 16.1. The molecular formula is C16H14N4O. The molecule has 0 radical (unpaired) electrons. The molecule has 0 aliphatic carbocycles. The average molecular weight is 278 g/mol. The molecule has 1 amide bonds. The number of hydrogen-bond acceptors (Lipinski definition) is 3. The van der Waals surface area contributed by atoms with Crippen LogP contribution in [0.5, 0.6) is 0 Å². The summed E-state index contributed by atoms with van der Waals surface area (Å²) in [5.41, 5.74) is 8.61. The van der Waals surface area contributed by atoms with E-state index in [1.54, 1.807) is 28.9 Å². The van der Waals surface area contributed by atoms with Gasteiger partial charge in [-0.3, -0.25) is 4.79 Å². The molecule has 0 bridgehead atoms. The van der Waals surface area contributed by atoms with Gasteiger partial charge >= 0.3 is 0 Å². The van der Waals surface area contributed by atoms with Crippen LogP contribution in [0.1, 0.15) is 21.6 Å². The first-order valence-electron chi connectivity index (χ1n) is 6.58. The zero-order chi connectivity index (χ0) is 14.7. The number of primary amides is 1. The second-order valence-corrected chi connectivity index (χ2v) is 4.73. The standard InChI is InChI=1S/C16H14N4O/c17-16(21)13-6-8-15(9-7-13)20-11-14(18-19-20)10-12-4-2-1-3-5-12/h1-9,11H,10H2,(H2,17,21). The molecular weight excluding hydrogens is 264 g/mol. The lowest BCUT2D eigenvalue weighted by Crippen LogP contribution is -2.10. The molecule has 0 aliphatic rings. The van der Waals surface area contributed by atoms with Crippen molar-refractivity contribution in [2.45, 2.75) is 6.42 Å². The molecule has 3 rings (SSSR count). The summed E-state index contributed by atoms with van der Waals surface area (Å²) < 4.78 is 1.68. The lowest BCUT2D eigenvalue weighted by molar-refractivity contribution is 0.100. The molecule has 1 heterocycles. The Labute approximate surface area is 122 Å². The molecule has 2 N–H and O–H groups in total. The first-order valence-corrected chi connectivity index (χ1v) is 6.58. The number of nitrogens with zero attached hydrogens (tertiary/aromatic N) is 3. The van der Waals surface area contributed by atoms with E-state index < -0.39 is 5.91 Å². The fourth-order valence-corrected chi connectivity index (χ4v) is 2.09. The van der Waals surface area contributed by atoms with E-state index in [-0.39, 0.29) is 0 Å². The molecule has 5 heteroatoms. The average Bonchev–Trinajstić information content (AvgIpc) is 2.97. The molecule has 3 aromatic rings. The van der Waals surface area contributed by atoms with Crippen molar-refractivity contribution in [1.29, 1.82) is 0 Å². The smallest absolute Gasteiger partial charge is 0.248 e. The molecule has 0 spiro atoms. The topological polar surface area (TPSA) is 73.8 Å². The van der Waals surface area contributed by atoms with Crippen molar-refractivity contribution < 1.29 is 4.79 Å². The summed E-state index contributed by atoms with van der Waals surface area (Å²) in [6.07, 6.45) is 2.62. The van der Waals surface area contributed by atoms with Crippen LogP contribution in [-0.2, 0) is 6.42 Å². The number of hydrogen-bond donors (Lipinski definition) is 1. The molecule has 0 aliphatic heterocycles. The van der Waals surface area contributed by atoms with Crippen molar-refractivity contribution in [1.82, 2.24) is 15.0 Å². The Morgan fingerprint density at radius 2 is 1.76 bits per heavy atom. The maximum absolute atomic E-state index is 11.0. The molecule has 1 aromatic heterocycles. The molecule has 104 valence electrons. The van der Waals surface area contributed by atoms with E-state index in [1.807, 2.05) is 24.4 Å². The Morgan fingerprint density at radius 1 is 1.05 bits per heavy atom. The minimum atomic E-state index is -0.440. The molecule has 0 fully saturated rings. The second-order valence-electron chi connectivity index (χ2n) is 4.73. The highest BCUT2D eigenvalue weighted by Gasteiger charge is 2.05. The van der Waals surface area contributed by atoms with Gasteiger partial charge in [0.25, 0.3) is 0 Å². The van der Waals surface area contributed by atoms with Crippen LogP contribution in [0, 0.1) is 0 Å². The first kappa shape index (κ1) is 13.1. The van der Waals surface area contributed by atoms with Crippen molar-refractivity contribution in [2.75, 3.05) is 0 Å². The number of aromatic nitrogens is 3. The molecule has 2 aromatic carbocycles. The molecule has 21 heavy (non-hydrogen) atoms. The third-order valence-electron chi connectivity index (χ3n) is 3.19. The summed E-state index contributed by atoms with van der Waals surface area (Å²) in [7, 11) is 0. The van der Waals surface area contributed by atoms with E-state index in [2.05, 4.69) is 22.4 Å². The van der Waals surface area contributed by atoms with Gasteiger partial charge < -0.3 is 5.73 Å². The highest BCUT2D eigenvalue weighted by molar-refractivity contribution is 5.92. The normalized spacial score (nSPS) is 10.5. The van der Waals surface area contributed by atoms with E-state index in [1.165, 1.54) is 5.56 Å². The third kappa shape index (κ3) is 2.97. The number of nitrogens with two attached hydrogens (primary N) is 1. The van der Waals surface area contributed by atoms with E-state index in [9.17, 15) is 4.79 Å². The van der Waals surface area contributed by atoms with Crippen molar-refractivity contribution in [2.24, 2.45) is 5.73 Å². The van der Waals surface area contributed by atoms with Crippen LogP contribution in [-0.4, -0.2) is 20.9 Å². The summed E-state index contributed by atoms with van der Waals surface area (Å²) >= 11 is 0. The van der Waals surface area contributed by atoms with Crippen molar-refractivity contribution in [3.8, 4) is 5.69 Å². The summed E-state index contributed by atoms with van der Waals surface area (Å²) in [5, 5.41) is 8.27. The van der Waals surface area contributed by atoms with Crippen LogP contribution in [0.2, 0.25) is 0 Å². The summed E-state index contributed by atoms with van der Waals surface area (Å²) in [4.78, 5) is 11.0. The second kappa shape index (κ2) is 5.58. The van der Waals surface area contributed by atoms with Crippen molar-refractivity contribution in [3.63, 3.8) is 0 Å². The lowest BCUT2D eigenvalue weighted by Gasteiger charge is -2.00. The minimum absolute atomic E-state index is 0.440. The molecule has 0 saturated heterocycles. The summed E-state index contributed by atoms with van der Waals surface area (Å²) in [6, 6.07) is 17.0. The van der Waals surface area contributed by atoms with Gasteiger partial charge in [0, 0.05) is 12.0 Å². The van der Waals surface area contributed by atoms with Gasteiger partial charge in [-0.05, 0) is 29.8 Å². The first-order chi connectivity index (χ1) is 10.2. The zero-order valence-electron chi connectivity index (χ0n) is 11.3. The predicted octanol–water partition coefficient (Wildman–Crippen LogP) is 1.96. The Kier molecular flexibility index (Phi) is 3.47. The largest absolute Gasteiger partial charge is 0.366 e. The van der Waals surface area contributed by atoms with Crippen molar-refractivity contribution >= 4 is 5.91 Å². The maximum Gasteiger partial charge on any atom is 0.248 e. The van der Waals surface area contributed by atoms with Gasteiger partial charge in [-0.2, -0.15) is 0 Å². The Bertz CT molecular complexity index is 747. The van der Waals surface area contributed by atoms with Crippen LogP contribution >= 0.6 is 0 Å². The Morgan fingerprint density at radius 3 is 2.43 bits per heavy atom. The SMILES string of the molecule is NC(=O)c1ccc(-n2cc(Cc3ccccc3)nn2)cc1. The predicted molar refractivity (Wildman–Crippen MR) is 79.1 cm³/mol. The molecule has 0 saturated carbocycles. The van der Waals surface area contributed by atoms with E-state index in [4.69, 9.17) is 5.73 Å². The highest BCUT2D eigenvalue weighted by Crippen LogP contribution is 2.11.